The Hall–Kier alpha value is -1.38. The second-order valence-corrected chi connectivity index (χ2v) is 2.08. The molecule has 0 rings (SSSR count). The molecule has 0 saturated carbocycles. The molecule has 0 unspecified atom stereocenters. The van der Waals surface area contributed by atoms with E-state index < -0.39 is 23.9 Å². The molecule has 0 bridgehead atoms. The van der Waals surface area contributed by atoms with Gasteiger partial charge in [-0.3, -0.25) is 19.2 Å². The fourth-order valence-corrected chi connectivity index (χ4v) is 0. The molecule has 0 aliphatic rings. The monoisotopic (exact) mass is 291 g/mol. The van der Waals surface area contributed by atoms with Gasteiger partial charge in [-0.2, -0.15) is 0 Å². The maximum Gasteiger partial charge on any atom is 0.300 e. The summed E-state index contributed by atoms with van der Waals surface area (Å²) in [7, 11) is 0. The van der Waals surface area contributed by atoms with E-state index >= 15 is 0 Å². The first-order valence-corrected chi connectivity index (χ1v) is 4.21. The average Bonchev–Trinajstić information content (AvgIpc) is 2.01. The molecule has 19 heavy (non-hydrogen) atoms. The van der Waals surface area contributed by atoms with Gasteiger partial charge in [-0.15, -0.1) is 13.2 Å². The summed E-state index contributed by atoms with van der Waals surface area (Å²) in [6.07, 6.45) is 0. The number of carbonyl (C=O) groups is 4. The molecule has 0 aromatic rings. The Morgan fingerprint density at radius 3 is 0.579 bits per heavy atom. The standard InChI is InChI=1S/4C2H4O2.C2H4.Na/c4*1-2(3)4;1-2;/h4*1H3,(H,3,4);1-2H2;. The zero-order valence-corrected chi connectivity index (χ0v) is 13.8. The summed E-state index contributed by atoms with van der Waals surface area (Å²) in [6, 6.07) is 0. The Morgan fingerprint density at radius 1 is 0.579 bits per heavy atom. The van der Waals surface area contributed by atoms with Crippen LogP contribution in [-0.4, -0.2) is 73.9 Å². The van der Waals surface area contributed by atoms with Gasteiger partial charge in [0.2, 0.25) is 0 Å². The Labute approximate surface area is 134 Å². The fraction of sp³-hybridized carbons (Fsp3) is 0.400. The van der Waals surface area contributed by atoms with E-state index in [0.717, 1.165) is 27.7 Å². The van der Waals surface area contributed by atoms with E-state index in [9.17, 15) is 0 Å². The molecule has 8 nitrogen and oxygen atoms in total. The van der Waals surface area contributed by atoms with E-state index in [1.165, 1.54) is 0 Å². The molecule has 0 heterocycles. The van der Waals surface area contributed by atoms with Gasteiger partial charge in [0.25, 0.3) is 23.9 Å². The van der Waals surface area contributed by atoms with Crippen LogP contribution in [-0.2, 0) is 19.2 Å². The van der Waals surface area contributed by atoms with Gasteiger partial charge in [-0.1, -0.05) is 0 Å². The molecule has 0 spiro atoms. The summed E-state index contributed by atoms with van der Waals surface area (Å²) in [5.74, 6) is -3.33. The number of carboxylic acids is 4. The predicted molar refractivity (Wildman–Crippen MR) is 70.2 cm³/mol. The molecule has 109 valence electrons. The van der Waals surface area contributed by atoms with Gasteiger partial charge in [-0.05, 0) is 0 Å². The summed E-state index contributed by atoms with van der Waals surface area (Å²) in [4.78, 5) is 36.0. The summed E-state index contributed by atoms with van der Waals surface area (Å²) in [5, 5.41) is 29.7. The first-order valence-electron chi connectivity index (χ1n) is 4.21. The summed E-state index contributed by atoms with van der Waals surface area (Å²) in [6.45, 7) is 10.3. The summed E-state index contributed by atoms with van der Waals surface area (Å²) >= 11 is 0. The van der Waals surface area contributed by atoms with Gasteiger partial charge in [-0.25, -0.2) is 0 Å². The van der Waals surface area contributed by atoms with Crippen LogP contribution in [0.4, 0.5) is 0 Å². The Balaban J connectivity index is -0.0000000279. The SMILES string of the molecule is C=C.CC(=O)O.CC(=O)O.CC(=O)O.CC(=O)O.[Na]. The van der Waals surface area contributed by atoms with Gasteiger partial charge >= 0.3 is 0 Å². The molecular formula is C10H20NaO8. The van der Waals surface area contributed by atoms with Crippen LogP contribution in [0.1, 0.15) is 27.7 Å². The minimum Gasteiger partial charge on any atom is -0.481 e. The van der Waals surface area contributed by atoms with Crippen molar-refractivity contribution in [3.63, 3.8) is 0 Å². The predicted octanol–water partition coefficient (Wildman–Crippen LogP) is 0.785. The van der Waals surface area contributed by atoms with Crippen LogP contribution in [0, 0.1) is 0 Å². The van der Waals surface area contributed by atoms with Crippen LogP contribution >= 0.6 is 0 Å². The van der Waals surface area contributed by atoms with Crippen molar-refractivity contribution in [1.29, 1.82) is 0 Å². The first kappa shape index (κ1) is 36.0. The molecule has 9 heteroatoms. The molecular weight excluding hydrogens is 271 g/mol. The number of rotatable bonds is 0. The van der Waals surface area contributed by atoms with Crippen molar-refractivity contribution in [2.75, 3.05) is 0 Å². The first-order chi connectivity index (χ1) is 7.93. The van der Waals surface area contributed by atoms with Crippen molar-refractivity contribution in [2.24, 2.45) is 0 Å². The molecule has 4 N–H and O–H groups in total. The smallest absolute Gasteiger partial charge is 0.300 e. The summed E-state index contributed by atoms with van der Waals surface area (Å²) in [5.41, 5.74) is 0. The number of hydrogen-bond acceptors (Lipinski definition) is 4. The number of aliphatic carboxylic acids is 4. The van der Waals surface area contributed by atoms with Gasteiger partial charge < -0.3 is 20.4 Å². The second kappa shape index (κ2) is 36.0. The molecule has 0 aromatic carbocycles. The van der Waals surface area contributed by atoms with E-state index in [1.807, 2.05) is 0 Å². The molecule has 0 saturated heterocycles. The van der Waals surface area contributed by atoms with Crippen molar-refractivity contribution in [1.82, 2.24) is 0 Å². The van der Waals surface area contributed by atoms with Gasteiger partial charge in [0.05, 0.1) is 0 Å². The van der Waals surface area contributed by atoms with Crippen LogP contribution in [0.5, 0.6) is 0 Å². The third-order valence-electron chi connectivity index (χ3n) is 0. The largest absolute Gasteiger partial charge is 0.481 e. The molecule has 1 radical (unpaired) electrons. The quantitative estimate of drug-likeness (QED) is 0.378. The molecule has 0 aliphatic carbocycles. The van der Waals surface area contributed by atoms with E-state index in [4.69, 9.17) is 39.6 Å². The van der Waals surface area contributed by atoms with Crippen LogP contribution < -0.4 is 0 Å². The van der Waals surface area contributed by atoms with E-state index in [2.05, 4.69) is 13.2 Å². The number of hydrogen-bond donors (Lipinski definition) is 4. The van der Waals surface area contributed by atoms with Crippen LogP contribution in [0.15, 0.2) is 13.2 Å². The van der Waals surface area contributed by atoms with E-state index in [-0.39, 0.29) is 29.6 Å². The minimum absolute atomic E-state index is 0. The Kier molecular flexibility index (Phi) is 68.2. The third kappa shape index (κ3) is 1870. The fourth-order valence-electron chi connectivity index (χ4n) is 0. The topological polar surface area (TPSA) is 149 Å². The minimum atomic E-state index is -0.833. The number of carboxylic acid groups (broad SMARTS) is 4. The second-order valence-electron chi connectivity index (χ2n) is 2.08. The Morgan fingerprint density at radius 2 is 0.579 bits per heavy atom. The molecule has 0 aromatic heterocycles. The zero-order chi connectivity index (χ0) is 16.3. The zero-order valence-electron chi connectivity index (χ0n) is 11.8. The molecule has 0 aliphatic heterocycles. The van der Waals surface area contributed by atoms with Crippen LogP contribution in [0.2, 0.25) is 0 Å². The van der Waals surface area contributed by atoms with Gasteiger partial charge in [0, 0.05) is 57.3 Å². The molecule has 0 atom stereocenters. The third-order valence-corrected chi connectivity index (χ3v) is 0. The van der Waals surface area contributed by atoms with Crippen molar-refractivity contribution in [2.45, 2.75) is 27.7 Å². The maximum absolute atomic E-state index is 9.00. The van der Waals surface area contributed by atoms with Gasteiger partial charge in [0.1, 0.15) is 0 Å². The van der Waals surface area contributed by atoms with Crippen molar-refractivity contribution in [3.8, 4) is 0 Å². The van der Waals surface area contributed by atoms with Crippen LogP contribution in [0.3, 0.4) is 0 Å². The maximum atomic E-state index is 9.00. The van der Waals surface area contributed by atoms with E-state index in [0.29, 0.717) is 0 Å². The van der Waals surface area contributed by atoms with Crippen molar-refractivity contribution in [3.05, 3.63) is 13.2 Å². The van der Waals surface area contributed by atoms with Crippen molar-refractivity contribution < 1.29 is 39.6 Å². The molecule has 0 fully saturated rings. The normalized spacial score (nSPS) is 5.47. The van der Waals surface area contributed by atoms with Gasteiger partial charge in [0.15, 0.2) is 0 Å². The molecule has 0 amide bonds. The van der Waals surface area contributed by atoms with Crippen molar-refractivity contribution >= 4 is 53.4 Å². The average molecular weight is 291 g/mol. The van der Waals surface area contributed by atoms with E-state index in [1.54, 1.807) is 0 Å². The van der Waals surface area contributed by atoms with Crippen LogP contribution in [0.25, 0.3) is 0 Å². The Bertz CT molecular complexity index is 176. The summed E-state index contributed by atoms with van der Waals surface area (Å²) < 4.78 is 0.